The van der Waals surface area contributed by atoms with Crippen molar-refractivity contribution >= 4 is 17.3 Å². The van der Waals surface area contributed by atoms with Gasteiger partial charge in [-0.25, -0.2) is 4.79 Å². The van der Waals surface area contributed by atoms with Crippen molar-refractivity contribution in [2.24, 2.45) is 5.92 Å². The predicted octanol–water partition coefficient (Wildman–Crippen LogP) is 3.89. The van der Waals surface area contributed by atoms with Crippen LogP contribution in [0.2, 0.25) is 0 Å². The summed E-state index contributed by atoms with van der Waals surface area (Å²) in [6.07, 6.45) is 8.15. The molecule has 0 saturated heterocycles. The molecule has 19 heavy (non-hydrogen) atoms. The largest absolute Gasteiger partial charge is 0.478 e. The van der Waals surface area contributed by atoms with Crippen LogP contribution in [0.3, 0.4) is 0 Å². The van der Waals surface area contributed by atoms with Gasteiger partial charge in [-0.2, -0.15) is 0 Å². The standard InChI is InChI=1S/C15H23NO2S/c1-11(12-6-4-2-3-5-7-12)16-9-14-8-13(10-19-14)15(17)18/h8,10-12,16H,2-7,9H2,1H3,(H,17,18)/t11-/m0/s1. The zero-order valence-corrected chi connectivity index (χ0v) is 12.3. The molecule has 1 aliphatic carbocycles. The summed E-state index contributed by atoms with van der Waals surface area (Å²) >= 11 is 1.53. The fourth-order valence-electron chi connectivity index (χ4n) is 2.82. The normalized spacial score (nSPS) is 19.0. The SMILES string of the molecule is C[C@H](NCc1cc(C(=O)O)cs1)C1CCCCCC1. The van der Waals surface area contributed by atoms with Crippen LogP contribution in [0.4, 0.5) is 0 Å². The third kappa shape index (κ3) is 4.32. The van der Waals surface area contributed by atoms with E-state index in [0.717, 1.165) is 17.3 Å². The smallest absolute Gasteiger partial charge is 0.336 e. The zero-order chi connectivity index (χ0) is 13.7. The lowest BCUT2D eigenvalue weighted by atomic mass is 9.93. The Morgan fingerprint density at radius 3 is 2.68 bits per heavy atom. The highest BCUT2D eigenvalue weighted by atomic mass is 32.1. The van der Waals surface area contributed by atoms with Gasteiger partial charge in [0.1, 0.15) is 0 Å². The van der Waals surface area contributed by atoms with Crippen molar-refractivity contribution in [3.05, 3.63) is 21.9 Å². The number of thiophene rings is 1. The van der Waals surface area contributed by atoms with Gasteiger partial charge in [-0.15, -0.1) is 11.3 Å². The van der Waals surface area contributed by atoms with E-state index in [1.807, 2.05) is 0 Å². The Morgan fingerprint density at radius 1 is 1.42 bits per heavy atom. The lowest BCUT2D eigenvalue weighted by Gasteiger charge is -2.23. The summed E-state index contributed by atoms with van der Waals surface area (Å²) in [6, 6.07) is 2.30. The van der Waals surface area contributed by atoms with Crippen LogP contribution in [0.15, 0.2) is 11.4 Å². The molecule has 2 N–H and O–H groups in total. The fourth-order valence-corrected chi connectivity index (χ4v) is 3.63. The Labute approximate surface area is 119 Å². The van der Waals surface area contributed by atoms with Gasteiger partial charge >= 0.3 is 5.97 Å². The Morgan fingerprint density at radius 2 is 2.11 bits per heavy atom. The van der Waals surface area contributed by atoms with Crippen molar-refractivity contribution in [2.45, 2.75) is 58.0 Å². The van der Waals surface area contributed by atoms with Crippen LogP contribution in [0.25, 0.3) is 0 Å². The summed E-state index contributed by atoms with van der Waals surface area (Å²) in [5.41, 5.74) is 0.406. The summed E-state index contributed by atoms with van der Waals surface area (Å²) in [6.45, 7) is 3.05. The molecule has 0 unspecified atom stereocenters. The summed E-state index contributed by atoms with van der Waals surface area (Å²) < 4.78 is 0. The maximum atomic E-state index is 10.8. The van der Waals surface area contributed by atoms with Crippen LogP contribution in [-0.2, 0) is 6.54 Å². The molecule has 0 aliphatic heterocycles. The van der Waals surface area contributed by atoms with Crippen molar-refractivity contribution in [2.75, 3.05) is 0 Å². The number of nitrogens with one attached hydrogen (secondary N) is 1. The highest BCUT2D eigenvalue weighted by molar-refractivity contribution is 7.10. The second-order valence-corrected chi connectivity index (χ2v) is 6.52. The first kappa shape index (κ1) is 14.5. The first-order valence-electron chi connectivity index (χ1n) is 7.21. The van der Waals surface area contributed by atoms with E-state index in [9.17, 15) is 4.79 Å². The zero-order valence-electron chi connectivity index (χ0n) is 11.5. The van der Waals surface area contributed by atoms with Crippen molar-refractivity contribution in [1.29, 1.82) is 0 Å². The van der Waals surface area contributed by atoms with Crippen LogP contribution < -0.4 is 5.32 Å². The molecule has 0 spiro atoms. The molecule has 106 valence electrons. The van der Waals surface area contributed by atoms with E-state index >= 15 is 0 Å². The summed E-state index contributed by atoms with van der Waals surface area (Å²) in [5, 5.41) is 14.2. The molecular formula is C15H23NO2S. The van der Waals surface area contributed by atoms with E-state index in [0.29, 0.717) is 11.6 Å². The van der Waals surface area contributed by atoms with Gasteiger partial charge in [0, 0.05) is 22.8 Å². The van der Waals surface area contributed by atoms with Gasteiger partial charge < -0.3 is 10.4 Å². The lowest BCUT2D eigenvalue weighted by Crippen LogP contribution is -2.32. The molecule has 1 heterocycles. The maximum absolute atomic E-state index is 10.8. The molecule has 4 heteroatoms. The molecule has 0 amide bonds. The molecule has 0 bridgehead atoms. The van der Waals surface area contributed by atoms with E-state index in [1.165, 1.54) is 49.9 Å². The number of hydrogen-bond donors (Lipinski definition) is 2. The number of aromatic carboxylic acids is 1. The molecule has 1 aliphatic rings. The molecule has 0 radical (unpaired) electrons. The second-order valence-electron chi connectivity index (χ2n) is 5.53. The van der Waals surface area contributed by atoms with Gasteiger partial charge in [0.15, 0.2) is 0 Å². The van der Waals surface area contributed by atoms with Gasteiger partial charge in [-0.05, 0) is 31.7 Å². The van der Waals surface area contributed by atoms with Crippen LogP contribution in [0.5, 0.6) is 0 Å². The van der Waals surface area contributed by atoms with Crippen LogP contribution in [-0.4, -0.2) is 17.1 Å². The molecule has 3 nitrogen and oxygen atoms in total. The quantitative estimate of drug-likeness (QED) is 0.805. The Kier molecular flexibility index (Phi) is 5.40. The molecule has 1 aromatic heterocycles. The molecule has 0 aromatic carbocycles. The van der Waals surface area contributed by atoms with Gasteiger partial charge in [-0.3, -0.25) is 0 Å². The number of carboxylic acids is 1. The first-order chi connectivity index (χ1) is 9.16. The Hall–Kier alpha value is -0.870. The van der Waals surface area contributed by atoms with Gasteiger partial charge in [-0.1, -0.05) is 25.7 Å². The summed E-state index contributed by atoms with van der Waals surface area (Å²) in [4.78, 5) is 11.9. The first-order valence-corrected chi connectivity index (χ1v) is 8.09. The number of carbonyl (C=O) groups is 1. The molecule has 1 atom stereocenters. The maximum Gasteiger partial charge on any atom is 0.336 e. The second kappa shape index (κ2) is 7.06. The van der Waals surface area contributed by atoms with Gasteiger partial charge in [0.05, 0.1) is 5.56 Å². The number of rotatable bonds is 5. The van der Waals surface area contributed by atoms with Crippen molar-refractivity contribution in [3.63, 3.8) is 0 Å². The van der Waals surface area contributed by atoms with E-state index in [1.54, 1.807) is 11.4 Å². The van der Waals surface area contributed by atoms with E-state index < -0.39 is 5.97 Å². The van der Waals surface area contributed by atoms with Crippen molar-refractivity contribution in [3.8, 4) is 0 Å². The monoisotopic (exact) mass is 281 g/mol. The average Bonchev–Trinajstić information content (AvgIpc) is 2.70. The molecule has 1 fully saturated rings. The van der Waals surface area contributed by atoms with E-state index in [-0.39, 0.29) is 0 Å². The fraction of sp³-hybridized carbons (Fsp3) is 0.667. The van der Waals surface area contributed by atoms with Crippen LogP contribution in [0, 0.1) is 5.92 Å². The lowest BCUT2D eigenvalue weighted by molar-refractivity contribution is 0.0697. The average molecular weight is 281 g/mol. The third-order valence-electron chi connectivity index (χ3n) is 4.11. The third-order valence-corrected chi connectivity index (χ3v) is 5.04. The molecular weight excluding hydrogens is 258 g/mol. The topological polar surface area (TPSA) is 49.3 Å². The minimum absolute atomic E-state index is 0.406. The van der Waals surface area contributed by atoms with Crippen LogP contribution >= 0.6 is 11.3 Å². The van der Waals surface area contributed by atoms with E-state index in [2.05, 4.69) is 12.2 Å². The van der Waals surface area contributed by atoms with Crippen molar-refractivity contribution in [1.82, 2.24) is 5.32 Å². The number of hydrogen-bond acceptors (Lipinski definition) is 3. The van der Waals surface area contributed by atoms with E-state index in [4.69, 9.17) is 5.11 Å². The minimum atomic E-state index is -0.834. The predicted molar refractivity (Wildman–Crippen MR) is 78.8 cm³/mol. The van der Waals surface area contributed by atoms with Crippen molar-refractivity contribution < 1.29 is 9.90 Å². The number of carboxylic acid groups (broad SMARTS) is 1. The van der Waals surface area contributed by atoms with Crippen LogP contribution in [0.1, 0.15) is 60.7 Å². The summed E-state index contributed by atoms with van der Waals surface area (Å²) in [5.74, 6) is -0.0549. The molecule has 1 aromatic rings. The highest BCUT2D eigenvalue weighted by Gasteiger charge is 2.18. The Balaban J connectivity index is 1.81. The molecule has 1 saturated carbocycles. The summed E-state index contributed by atoms with van der Waals surface area (Å²) in [7, 11) is 0. The minimum Gasteiger partial charge on any atom is -0.478 e. The Bertz CT molecular complexity index is 408. The highest BCUT2D eigenvalue weighted by Crippen LogP contribution is 2.25. The van der Waals surface area contributed by atoms with Gasteiger partial charge in [0.25, 0.3) is 0 Å². The van der Waals surface area contributed by atoms with Gasteiger partial charge in [0.2, 0.25) is 0 Å². The molecule has 2 rings (SSSR count).